The summed E-state index contributed by atoms with van der Waals surface area (Å²) < 4.78 is 4.91. The highest BCUT2D eigenvalue weighted by atomic mass is 32.2. The minimum absolute atomic E-state index is 0.112. The molecule has 338 valence electrons. The van der Waals surface area contributed by atoms with Crippen molar-refractivity contribution in [1.29, 1.82) is 0 Å². The number of likely N-dealkylation sites (N-methyl/N-ethyl adjacent to an activating group) is 1. The topological polar surface area (TPSA) is 162 Å². The van der Waals surface area contributed by atoms with Crippen molar-refractivity contribution in [2.45, 2.75) is 128 Å². The second-order valence-electron chi connectivity index (χ2n) is 18.8. The predicted octanol–water partition coefficient (Wildman–Crippen LogP) is 4.82. The number of unbranched alkanes of at least 4 members (excludes halogenated alkanes) is 4. The number of piperidine rings is 2. The lowest BCUT2D eigenvalue weighted by molar-refractivity contribution is -0.135. The van der Waals surface area contributed by atoms with Crippen molar-refractivity contribution in [1.82, 2.24) is 29.5 Å². The fourth-order valence-corrected chi connectivity index (χ4v) is 11.9. The summed E-state index contributed by atoms with van der Waals surface area (Å²) in [5.41, 5.74) is 3.33. The molecule has 0 aromatic heterocycles. The number of carbonyl (C=O) groups is 5. The van der Waals surface area contributed by atoms with Gasteiger partial charge >= 0.3 is 0 Å². The van der Waals surface area contributed by atoms with Crippen LogP contribution in [0.4, 0.5) is 11.4 Å². The van der Waals surface area contributed by atoms with Crippen LogP contribution in [0.5, 0.6) is 0 Å². The molecule has 2 saturated carbocycles. The molecule has 16 heteroatoms. The van der Waals surface area contributed by atoms with Gasteiger partial charge in [0.15, 0.2) is 0 Å². The summed E-state index contributed by atoms with van der Waals surface area (Å²) in [6, 6.07) is 6.24. The number of benzene rings is 1. The number of hydrogen-bond acceptors (Lipinski definition) is 12. The molecule has 6 aliphatic rings. The number of rotatable bonds is 23. The Morgan fingerprint density at radius 1 is 0.968 bits per heavy atom. The van der Waals surface area contributed by atoms with Crippen molar-refractivity contribution in [2.75, 3.05) is 63.3 Å². The zero-order chi connectivity index (χ0) is 43.9. The molecule has 15 nitrogen and oxygen atoms in total. The maximum Gasteiger partial charge on any atom is 0.249 e. The average molecular weight is 873 g/mol. The first kappa shape index (κ1) is 45.9. The van der Waals surface area contributed by atoms with Gasteiger partial charge in [-0.25, -0.2) is 13.6 Å². The zero-order valence-corrected chi connectivity index (χ0v) is 37.9. The zero-order valence-electron chi connectivity index (χ0n) is 37.1. The van der Waals surface area contributed by atoms with Crippen LogP contribution in [0.15, 0.2) is 39.6 Å². The van der Waals surface area contributed by atoms with Gasteiger partial charge in [-0.2, -0.15) is 0 Å². The van der Waals surface area contributed by atoms with Crippen molar-refractivity contribution < 1.29 is 24.0 Å². The number of hydrogen-bond donors (Lipinski definition) is 3. The molecule has 4 aliphatic heterocycles. The highest BCUT2D eigenvalue weighted by molar-refractivity contribution is 7.94. The number of aryl methyl sites for hydroxylation is 1. The third-order valence-electron chi connectivity index (χ3n) is 14.4. The molecule has 4 heterocycles. The van der Waals surface area contributed by atoms with Crippen LogP contribution in [0.2, 0.25) is 0 Å². The van der Waals surface area contributed by atoms with Gasteiger partial charge in [0, 0.05) is 94.7 Å². The van der Waals surface area contributed by atoms with E-state index in [4.69, 9.17) is 4.99 Å². The molecule has 1 aromatic carbocycles. The van der Waals surface area contributed by atoms with E-state index in [1.165, 1.54) is 0 Å². The first-order chi connectivity index (χ1) is 30.0. The number of nitrogens with zero attached hydrogens (tertiary/aromatic N) is 7. The molecule has 3 N–H and O–H groups in total. The molecule has 3 atom stereocenters. The van der Waals surface area contributed by atoms with Crippen LogP contribution in [0.25, 0.3) is 0 Å². The maximum atomic E-state index is 13.6. The van der Waals surface area contributed by atoms with Gasteiger partial charge in [-0.3, -0.25) is 44.5 Å². The largest absolute Gasteiger partial charge is 0.361 e. The summed E-state index contributed by atoms with van der Waals surface area (Å²) in [5, 5.41) is 9.05. The highest BCUT2D eigenvalue weighted by Crippen LogP contribution is 2.59. The van der Waals surface area contributed by atoms with Gasteiger partial charge in [-0.05, 0) is 94.5 Å². The van der Waals surface area contributed by atoms with Gasteiger partial charge in [-0.15, -0.1) is 0 Å². The van der Waals surface area contributed by atoms with Gasteiger partial charge in [0.05, 0.1) is 23.5 Å². The molecule has 0 radical (unpaired) electrons. The monoisotopic (exact) mass is 873 g/mol. The van der Waals surface area contributed by atoms with Crippen LogP contribution in [0.1, 0.15) is 109 Å². The fourth-order valence-electron chi connectivity index (χ4n) is 10.5. The molecule has 2 aliphatic carbocycles. The van der Waals surface area contributed by atoms with E-state index in [1.807, 2.05) is 47.3 Å². The Hall–Kier alpha value is -4.12. The quantitative estimate of drug-likeness (QED) is 0.0457. The smallest absolute Gasteiger partial charge is 0.249 e. The number of anilines is 2. The van der Waals surface area contributed by atoms with E-state index in [0.29, 0.717) is 38.0 Å². The second kappa shape index (κ2) is 20.6. The first-order valence-electron chi connectivity index (χ1n) is 23.0. The molecule has 7 rings (SSSR count). The van der Waals surface area contributed by atoms with Gasteiger partial charge in [0.25, 0.3) is 0 Å². The Balaban J connectivity index is 0.789. The SMILES string of the molecule is C=NC1=C(/C=N\CNC2CCN(SN3CC(CCCCCCCc4ccc(N(C)C5CCC(=O)NC5=O)c(N(C)C=O)c4)(CNC=O)C3)CC2)C2(CC2)C(=O)N1C1CCCC1C. The van der Waals surface area contributed by atoms with E-state index >= 15 is 0 Å². The standard InChI is InChI=1S/C46H68N10O5S/c1-33-11-10-13-37(33)56-42(47-2)36(46(21-22-46)44(56)61)26-48-30-50-35-18-23-54(24-19-35)62-55-28-45(29-55,27-49-31-57)20-9-7-5-6-8-12-34-14-15-38(40(25-34)52(3)32-58)53(4)39-16-17-41(59)51-43(39)60/h14-15,25-26,31-33,35,37,39,50H,2,5-13,16-24,27-30H2,1,3-4H3,(H,49,57)(H,51,59,60)/b48-26-. The Kier molecular flexibility index (Phi) is 15.2. The molecule has 1 aromatic rings. The molecular formula is C46H68N10O5S. The van der Waals surface area contributed by atoms with E-state index in [-0.39, 0.29) is 29.2 Å². The normalized spacial score (nSPS) is 25.0. The third-order valence-corrected chi connectivity index (χ3v) is 15.5. The molecular weight excluding hydrogens is 805 g/mol. The summed E-state index contributed by atoms with van der Waals surface area (Å²) in [7, 11) is 3.55. The summed E-state index contributed by atoms with van der Waals surface area (Å²) >= 11 is 1.85. The van der Waals surface area contributed by atoms with Crippen molar-refractivity contribution in [3.63, 3.8) is 0 Å². The Labute approximate surface area is 372 Å². The Morgan fingerprint density at radius 2 is 1.73 bits per heavy atom. The minimum atomic E-state index is -0.468. The molecule has 5 fully saturated rings. The average Bonchev–Trinajstić information content (AvgIpc) is 3.91. The van der Waals surface area contributed by atoms with Crippen LogP contribution in [-0.2, 0) is 30.4 Å². The predicted molar refractivity (Wildman–Crippen MR) is 246 cm³/mol. The summed E-state index contributed by atoms with van der Waals surface area (Å²) in [5.74, 6) is 0.873. The number of aliphatic imine (C=N–C) groups is 2. The van der Waals surface area contributed by atoms with Gasteiger partial charge in [-0.1, -0.05) is 45.1 Å². The van der Waals surface area contributed by atoms with Crippen molar-refractivity contribution in [3.05, 3.63) is 35.2 Å². The molecule has 62 heavy (non-hydrogen) atoms. The summed E-state index contributed by atoms with van der Waals surface area (Å²) in [6.45, 7) is 11.3. The van der Waals surface area contributed by atoms with Crippen molar-refractivity contribution >= 4 is 67.0 Å². The van der Waals surface area contributed by atoms with Gasteiger partial charge in [0.2, 0.25) is 30.5 Å². The lowest BCUT2D eigenvalue weighted by Gasteiger charge is -2.51. The summed E-state index contributed by atoms with van der Waals surface area (Å²) in [6.07, 6.45) is 19.0. The molecule has 1 spiro atoms. The highest BCUT2D eigenvalue weighted by Gasteiger charge is 2.62. The molecule has 0 bridgehead atoms. The number of nitrogens with one attached hydrogen (secondary N) is 3. The lowest BCUT2D eigenvalue weighted by Crippen LogP contribution is -2.58. The van der Waals surface area contributed by atoms with E-state index in [9.17, 15) is 24.0 Å². The van der Waals surface area contributed by atoms with Crippen LogP contribution in [0, 0.1) is 16.7 Å². The lowest BCUT2D eigenvalue weighted by atomic mass is 9.77. The van der Waals surface area contributed by atoms with Crippen molar-refractivity contribution in [3.8, 4) is 0 Å². The molecule has 5 amide bonds. The number of carbonyl (C=O) groups excluding carboxylic acids is 5. The van der Waals surface area contributed by atoms with Crippen LogP contribution in [-0.4, -0.2) is 129 Å². The summed E-state index contributed by atoms with van der Waals surface area (Å²) in [4.78, 5) is 75.4. The number of amides is 5. The van der Waals surface area contributed by atoms with Crippen molar-refractivity contribution in [2.24, 2.45) is 26.7 Å². The van der Waals surface area contributed by atoms with E-state index in [0.717, 1.165) is 157 Å². The Bertz CT molecular complexity index is 1870. The number of imide groups is 1. The molecule has 3 unspecified atom stereocenters. The second-order valence-corrected chi connectivity index (χ2v) is 20.0. The van der Waals surface area contributed by atoms with Crippen LogP contribution >= 0.6 is 12.1 Å². The third kappa shape index (κ3) is 10.3. The van der Waals surface area contributed by atoms with Gasteiger partial charge < -0.3 is 15.1 Å². The van der Waals surface area contributed by atoms with E-state index in [2.05, 4.69) is 49.3 Å². The van der Waals surface area contributed by atoms with Crippen LogP contribution < -0.4 is 25.8 Å². The first-order valence-corrected chi connectivity index (χ1v) is 23.8. The van der Waals surface area contributed by atoms with E-state index in [1.54, 1.807) is 11.9 Å². The molecule has 3 saturated heterocycles. The maximum absolute atomic E-state index is 13.6. The Morgan fingerprint density at radius 3 is 2.40 bits per heavy atom. The van der Waals surface area contributed by atoms with Gasteiger partial charge in [0.1, 0.15) is 11.9 Å². The van der Waals surface area contributed by atoms with Crippen LogP contribution in [0.3, 0.4) is 0 Å². The minimum Gasteiger partial charge on any atom is -0.361 e. The van der Waals surface area contributed by atoms with E-state index < -0.39 is 11.5 Å². The fraction of sp³-hybridized carbons (Fsp3) is 0.674.